The molecule has 1 heterocycles. The number of para-hydroxylation sites is 1. The highest BCUT2D eigenvalue weighted by Gasteiger charge is 2.20. The van der Waals surface area contributed by atoms with E-state index in [1.165, 1.54) is 0 Å². The minimum atomic E-state index is -0.123. The van der Waals surface area contributed by atoms with Gasteiger partial charge in [-0.2, -0.15) is 0 Å². The van der Waals surface area contributed by atoms with Crippen LogP contribution < -0.4 is 0 Å². The fraction of sp³-hybridized carbons (Fsp3) is 0.211. The Bertz CT molecular complexity index is 746. The zero-order valence-electron chi connectivity index (χ0n) is 13.1. The maximum Gasteiger partial charge on any atom is 0.289 e. The Morgan fingerprint density at radius 2 is 1.83 bits per heavy atom. The van der Waals surface area contributed by atoms with Gasteiger partial charge in [0.05, 0.1) is 6.61 Å². The number of furan rings is 1. The number of methoxy groups -OCH3 is 1. The Kier molecular flexibility index (Phi) is 4.74. The molecule has 1 aromatic heterocycles. The molecule has 4 heteroatoms. The molecule has 4 nitrogen and oxygen atoms in total. The Morgan fingerprint density at radius 1 is 1.09 bits per heavy atom. The molecule has 0 aliphatic rings. The van der Waals surface area contributed by atoms with Gasteiger partial charge < -0.3 is 14.1 Å². The molecule has 1 amide bonds. The van der Waals surface area contributed by atoms with E-state index in [1.54, 1.807) is 18.1 Å². The fourth-order valence-electron chi connectivity index (χ4n) is 2.50. The molecule has 0 saturated heterocycles. The van der Waals surface area contributed by atoms with Crippen LogP contribution in [0.2, 0.25) is 0 Å². The molecule has 0 unspecified atom stereocenters. The van der Waals surface area contributed by atoms with Gasteiger partial charge in [-0.25, -0.2) is 0 Å². The lowest BCUT2D eigenvalue weighted by Gasteiger charge is -2.21. The van der Waals surface area contributed by atoms with E-state index in [0.717, 1.165) is 16.5 Å². The zero-order valence-corrected chi connectivity index (χ0v) is 13.1. The summed E-state index contributed by atoms with van der Waals surface area (Å²) in [4.78, 5) is 14.5. The monoisotopic (exact) mass is 309 g/mol. The molecule has 2 aromatic carbocycles. The van der Waals surface area contributed by atoms with Gasteiger partial charge in [0.2, 0.25) is 0 Å². The Morgan fingerprint density at radius 3 is 2.57 bits per heavy atom. The second-order valence-corrected chi connectivity index (χ2v) is 5.35. The number of nitrogens with zero attached hydrogens (tertiary/aromatic N) is 1. The standard InChI is InChI=1S/C19H19NO3/c1-22-12-11-20(14-15-7-3-2-4-8-15)19(21)18-13-16-9-5-6-10-17(16)23-18/h2-10,13H,11-12,14H2,1H3. The van der Waals surface area contributed by atoms with Crippen molar-refractivity contribution in [3.63, 3.8) is 0 Å². The van der Waals surface area contributed by atoms with Crippen molar-refractivity contribution in [2.24, 2.45) is 0 Å². The number of benzene rings is 2. The molecular formula is C19H19NO3. The van der Waals surface area contributed by atoms with E-state index in [9.17, 15) is 4.79 Å². The predicted molar refractivity (Wildman–Crippen MR) is 89.3 cm³/mol. The Labute approximate surface area is 135 Å². The summed E-state index contributed by atoms with van der Waals surface area (Å²) in [5, 5.41) is 0.933. The first-order valence-electron chi connectivity index (χ1n) is 7.58. The molecule has 0 aliphatic heterocycles. The van der Waals surface area contributed by atoms with Gasteiger partial charge in [-0.1, -0.05) is 48.5 Å². The molecule has 0 saturated carbocycles. The maximum absolute atomic E-state index is 12.8. The van der Waals surface area contributed by atoms with Crippen LogP contribution in [0.3, 0.4) is 0 Å². The first-order valence-corrected chi connectivity index (χ1v) is 7.58. The Balaban J connectivity index is 1.84. The summed E-state index contributed by atoms with van der Waals surface area (Å²) < 4.78 is 10.8. The van der Waals surface area contributed by atoms with Crippen molar-refractivity contribution in [1.82, 2.24) is 4.90 Å². The zero-order chi connectivity index (χ0) is 16.1. The van der Waals surface area contributed by atoms with Gasteiger partial charge in [0.1, 0.15) is 5.58 Å². The van der Waals surface area contributed by atoms with Crippen molar-refractivity contribution in [1.29, 1.82) is 0 Å². The number of rotatable bonds is 6. The van der Waals surface area contributed by atoms with Crippen molar-refractivity contribution in [2.45, 2.75) is 6.54 Å². The summed E-state index contributed by atoms with van der Waals surface area (Å²) in [7, 11) is 1.63. The number of amides is 1. The number of ether oxygens (including phenoxy) is 1. The van der Waals surface area contributed by atoms with E-state index >= 15 is 0 Å². The van der Waals surface area contributed by atoms with Crippen molar-refractivity contribution >= 4 is 16.9 Å². The lowest BCUT2D eigenvalue weighted by molar-refractivity contribution is 0.0651. The van der Waals surface area contributed by atoms with Gasteiger partial charge >= 0.3 is 0 Å². The predicted octanol–water partition coefficient (Wildman–Crippen LogP) is 3.72. The van der Waals surface area contributed by atoms with Gasteiger partial charge in [-0.15, -0.1) is 0 Å². The molecule has 0 fully saturated rings. The highest BCUT2D eigenvalue weighted by atomic mass is 16.5. The van der Waals surface area contributed by atoms with Crippen molar-refractivity contribution < 1.29 is 13.9 Å². The van der Waals surface area contributed by atoms with E-state index in [-0.39, 0.29) is 5.91 Å². The van der Waals surface area contributed by atoms with Crippen molar-refractivity contribution in [2.75, 3.05) is 20.3 Å². The highest BCUT2D eigenvalue weighted by Crippen LogP contribution is 2.20. The van der Waals surface area contributed by atoms with Crippen LogP contribution in [0.15, 0.2) is 65.1 Å². The number of fused-ring (bicyclic) bond motifs is 1. The van der Waals surface area contributed by atoms with Crippen LogP contribution in [0.25, 0.3) is 11.0 Å². The molecule has 0 bridgehead atoms. The van der Waals surface area contributed by atoms with Crippen LogP contribution in [0, 0.1) is 0 Å². The summed E-state index contributed by atoms with van der Waals surface area (Å²) >= 11 is 0. The first-order chi connectivity index (χ1) is 11.3. The molecule has 0 aliphatic carbocycles. The third kappa shape index (κ3) is 3.60. The smallest absolute Gasteiger partial charge is 0.289 e. The summed E-state index contributed by atoms with van der Waals surface area (Å²) in [6.07, 6.45) is 0. The number of hydrogen-bond donors (Lipinski definition) is 0. The second kappa shape index (κ2) is 7.11. The molecule has 3 aromatic rings. The summed E-state index contributed by atoms with van der Waals surface area (Å²) in [5.74, 6) is 0.236. The number of carbonyl (C=O) groups is 1. The lowest BCUT2D eigenvalue weighted by atomic mass is 10.2. The van der Waals surface area contributed by atoms with E-state index in [1.807, 2.05) is 54.6 Å². The molecule has 3 rings (SSSR count). The first kappa shape index (κ1) is 15.3. The van der Waals surface area contributed by atoms with Crippen LogP contribution in [-0.4, -0.2) is 31.1 Å². The molecule has 0 atom stereocenters. The minimum absolute atomic E-state index is 0.123. The topological polar surface area (TPSA) is 42.7 Å². The summed E-state index contributed by atoms with van der Waals surface area (Å²) in [6.45, 7) is 1.53. The number of hydrogen-bond acceptors (Lipinski definition) is 3. The lowest BCUT2D eigenvalue weighted by Crippen LogP contribution is -2.33. The van der Waals surface area contributed by atoms with Crippen LogP contribution in [0.1, 0.15) is 16.1 Å². The fourth-order valence-corrected chi connectivity index (χ4v) is 2.50. The van der Waals surface area contributed by atoms with Gasteiger partial charge in [0.15, 0.2) is 5.76 Å². The minimum Gasteiger partial charge on any atom is -0.451 e. The van der Waals surface area contributed by atoms with Gasteiger partial charge in [0, 0.05) is 25.6 Å². The summed E-state index contributed by atoms with van der Waals surface area (Å²) in [5.41, 5.74) is 1.80. The molecule has 0 spiro atoms. The molecule has 23 heavy (non-hydrogen) atoms. The normalized spacial score (nSPS) is 10.8. The second-order valence-electron chi connectivity index (χ2n) is 5.35. The summed E-state index contributed by atoms with van der Waals surface area (Å²) in [6, 6.07) is 19.3. The molecule has 0 N–H and O–H groups in total. The van der Waals surface area contributed by atoms with E-state index < -0.39 is 0 Å². The van der Waals surface area contributed by atoms with Gasteiger partial charge in [0.25, 0.3) is 5.91 Å². The number of carbonyl (C=O) groups excluding carboxylic acids is 1. The largest absolute Gasteiger partial charge is 0.451 e. The van der Waals surface area contributed by atoms with Crippen LogP contribution in [0.5, 0.6) is 0 Å². The van der Waals surface area contributed by atoms with E-state index in [4.69, 9.17) is 9.15 Å². The molecular weight excluding hydrogens is 290 g/mol. The third-order valence-electron chi connectivity index (χ3n) is 3.71. The van der Waals surface area contributed by atoms with E-state index in [0.29, 0.717) is 25.5 Å². The van der Waals surface area contributed by atoms with Gasteiger partial charge in [-0.3, -0.25) is 4.79 Å². The van der Waals surface area contributed by atoms with Gasteiger partial charge in [-0.05, 0) is 17.7 Å². The quantitative estimate of drug-likeness (QED) is 0.697. The van der Waals surface area contributed by atoms with Crippen LogP contribution in [0.4, 0.5) is 0 Å². The van der Waals surface area contributed by atoms with E-state index in [2.05, 4.69) is 0 Å². The molecule has 118 valence electrons. The Hall–Kier alpha value is -2.59. The van der Waals surface area contributed by atoms with Crippen molar-refractivity contribution in [3.8, 4) is 0 Å². The third-order valence-corrected chi connectivity index (χ3v) is 3.71. The van der Waals surface area contributed by atoms with Crippen LogP contribution in [-0.2, 0) is 11.3 Å². The van der Waals surface area contributed by atoms with Crippen molar-refractivity contribution in [3.05, 3.63) is 72.0 Å². The average molecular weight is 309 g/mol. The average Bonchev–Trinajstić information content (AvgIpc) is 3.03. The molecule has 0 radical (unpaired) electrons. The SMILES string of the molecule is COCCN(Cc1ccccc1)C(=O)c1cc2ccccc2o1. The van der Waals surface area contributed by atoms with Crippen LogP contribution >= 0.6 is 0 Å². The maximum atomic E-state index is 12.8. The highest BCUT2D eigenvalue weighted by molar-refractivity contribution is 5.96.